The van der Waals surface area contributed by atoms with Crippen molar-refractivity contribution in [3.8, 4) is 34.4 Å². The van der Waals surface area contributed by atoms with Gasteiger partial charge in [0, 0.05) is 25.6 Å². The summed E-state index contributed by atoms with van der Waals surface area (Å²) in [6.07, 6.45) is 1.20. The molecule has 3 unspecified atom stereocenters. The largest absolute Gasteiger partial charge is 0.489 e. The van der Waals surface area contributed by atoms with Crippen LogP contribution in [0.15, 0.2) is 128 Å². The molecule has 1 aromatic heterocycles. The number of carboxylic acids is 1. The molecule has 5 aromatic carbocycles. The highest BCUT2D eigenvalue weighted by Gasteiger charge is 2.38. The molecule has 2 N–H and O–H groups in total. The second-order valence-corrected chi connectivity index (χ2v) is 15.3. The van der Waals surface area contributed by atoms with E-state index in [1.165, 1.54) is 11.1 Å². The van der Waals surface area contributed by atoms with E-state index in [1.54, 1.807) is 42.5 Å². The van der Waals surface area contributed by atoms with E-state index >= 15 is 0 Å². The number of amides is 2. The number of nitriles is 1. The van der Waals surface area contributed by atoms with Gasteiger partial charge in [0.2, 0.25) is 5.91 Å². The lowest BCUT2D eigenvalue weighted by molar-refractivity contribution is -0.142. The number of pyridine rings is 1. The zero-order valence-corrected chi connectivity index (χ0v) is 33.4. The third kappa shape index (κ3) is 8.90. The number of aliphatic carboxylic acids is 1. The van der Waals surface area contributed by atoms with Crippen molar-refractivity contribution in [1.82, 2.24) is 15.2 Å². The molecule has 3 atom stereocenters. The predicted octanol–water partition coefficient (Wildman–Crippen LogP) is 8.40. The first kappa shape index (κ1) is 39.9. The molecule has 0 saturated carbocycles. The van der Waals surface area contributed by atoms with Crippen LogP contribution in [0, 0.1) is 11.3 Å². The molecule has 300 valence electrons. The van der Waals surface area contributed by atoms with E-state index in [2.05, 4.69) is 16.4 Å². The summed E-state index contributed by atoms with van der Waals surface area (Å²) in [7, 11) is 0. The van der Waals surface area contributed by atoms with Crippen molar-refractivity contribution in [1.29, 1.82) is 5.26 Å². The summed E-state index contributed by atoms with van der Waals surface area (Å²) in [5.74, 6) is -0.626. The number of fused-ring (bicyclic) bond motifs is 2. The Morgan fingerprint density at radius 2 is 1.58 bits per heavy atom. The van der Waals surface area contributed by atoms with Gasteiger partial charge in [0.15, 0.2) is 17.6 Å². The second-order valence-electron chi connectivity index (χ2n) is 14.4. The number of carbonyl (C=O) groups is 3. The third-order valence-electron chi connectivity index (χ3n) is 10.5. The summed E-state index contributed by atoms with van der Waals surface area (Å²) in [5.41, 5.74) is 6.49. The van der Waals surface area contributed by atoms with Crippen molar-refractivity contribution in [2.24, 2.45) is 0 Å². The number of hydrogen-bond donors (Lipinski definition) is 2. The number of benzene rings is 5. The molecule has 8 rings (SSSR count). The average molecular weight is 840 g/mol. The van der Waals surface area contributed by atoms with Crippen LogP contribution < -0.4 is 19.5 Å². The molecule has 2 amide bonds. The van der Waals surface area contributed by atoms with Gasteiger partial charge < -0.3 is 29.5 Å². The van der Waals surface area contributed by atoms with Crippen LogP contribution in [0.2, 0.25) is 10.0 Å². The molecule has 2 aliphatic heterocycles. The van der Waals surface area contributed by atoms with Gasteiger partial charge in [-0.25, -0.2) is 4.79 Å². The number of nitrogens with zero attached hydrogens (tertiary/aromatic N) is 3. The highest BCUT2D eigenvalue weighted by molar-refractivity contribution is 6.42. The van der Waals surface area contributed by atoms with E-state index in [1.807, 2.05) is 78.9 Å². The minimum absolute atomic E-state index is 0.0144. The van der Waals surface area contributed by atoms with E-state index in [0.717, 1.165) is 33.4 Å². The highest BCUT2D eigenvalue weighted by Crippen LogP contribution is 2.41. The van der Waals surface area contributed by atoms with E-state index in [-0.39, 0.29) is 31.7 Å². The molecule has 0 spiro atoms. The van der Waals surface area contributed by atoms with Crippen LogP contribution in [0.25, 0.3) is 11.1 Å². The van der Waals surface area contributed by atoms with Crippen LogP contribution in [-0.2, 0) is 35.6 Å². The minimum atomic E-state index is -1.27. The van der Waals surface area contributed by atoms with Gasteiger partial charge in [0.1, 0.15) is 36.7 Å². The van der Waals surface area contributed by atoms with Crippen molar-refractivity contribution in [3.63, 3.8) is 0 Å². The number of carboxylic acid groups (broad SMARTS) is 1. The van der Waals surface area contributed by atoms with Gasteiger partial charge in [-0.3, -0.25) is 14.6 Å². The normalized spacial score (nSPS) is 15.8. The molecule has 0 radical (unpaired) electrons. The predicted molar refractivity (Wildman–Crippen MR) is 224 cm³/mol. The number of hydrogen-bond acceptors (Lipinski definition) is 8. The van der Waals surface area contributed by atoms with Crippen molar-refractivity contribution < 1.29 is 33.7 Å². The minimum Gasteiger partial charge on any atom is -0.489 e. The molecule has 2 aliphatic rings. The molecule has 3 heterocycles. The van der Waals surface area contributed by atoms with Gasteiger partial charge in [-0.1, -0.05) is 83.9 Å². The molecule has 0 bridgehead atoms. The molecule has 6 aromatic rings. The fraction of sp³-hybridized carbons (Fsp3) is 0.170. The SMILES string of the molecule is N#Cc1ccc(-c2ccc(CC(NC(=O)C3Cc4cc5c(cc4CN3C(=O)c3ccccn3)OC(c3ccc(OCc4ccc(Cl)c(Cl)c4)cc3)CO5)C(=O)O)cc2)cc1. The number of aromatic nitrogens is 1. The monoisotopic (exact) mass is 838 g/mol. The number of carbonyl (C=O) groups excluding carboxylic acids is 2. The summed E-state index contributed by atoms with van der Waals surface area (Å²) in [6.45, 7) is 0.597. The topological polar surface area (TPSA) is 151 Å². The van der Waals surface area contributed by atoms with E-state index < -0.39 is 36.0 Å². The fourth-order valence-electron chi connectivity index (χ4n) is 7.25. The first-order chi connectivity index (χ1) is 29.1. The van der Waals surface area contributed by atoms with Gasteiger partial charge in [0.25, 0.3) is 5.91 Å². The van der Waals surface area contributed by atoms with Crippen LogP contribution in [0.3, 0.4) is 0 Å². The lowest BCUT2D eigenvalue weighted by Gasteiger charge is -2.37. The first-order valence-electron chi connectivity index (χ1n) is 19.1. The second kappa shape index (κ2) is 17.5. The standard InChI is InChI=1S/C47H36Cl2N4O7/c48-37-17-8-30(19-38(37)49)26-58-36-15-13-33(14-16-36)44-27-59-42-22-34-21-41(53(25-35(34)23-43(42)60-44)46(55)39-3-1-2-18-51-39)45(54)52-40(47(56)57)20-28-4-9-31(10-5-28)32-11-6-29(24-50)7-12-32/h1-19,22-23,40-41,44H,20-21,25-27H2,(H,52,54)(H,56,57). The van der Waals surface area contributed by atoms with Gasteiger partial charge >= 0.3 is 5.97 Å². The Hall–Kier alpha value is -6.87. The maximum Gasteiger partial charge on any atom is 0.326 e. The van der Waals surface area contributed by atoms with Crippen molar-refractivity contribution in [2.75, 3.05) is 6.61 Å². The number of nitrogens with one attached hydrogen (secondary N) is 1. The molecule has 13 heteroatoms. The smallest absolute Gasteiger partial charge is 0.326 e. The van der Waals surface area contributed by atoms with E-state index in [0.29, 0.717) is 45.0 Å². The maximum atomic E-state index is 14.1. The van der Waals surface area contributed by atoms with E-state index in [4.69, 9.17) is 42.7 Å². The van der Waals surface area contributed by atoms with Gasteiger partial charge in [-0.05, 0) is 99.6 Å². The van der Waals surface area contributed by atoms with Gasteiger partial charge in [-0.15, -0.1) is 0 Å². The van der Waals surface area contributed by atoms with Crippen molar-refractivity contribution >= 4 is 41.0 Å². The number of halogens is 2. The summed E-state index contributed by atoms with van der Waals surface area (Å²) < 4.78 is 18.6. The summed E-state index contributed by atoms with van der Waals surface area (Å²) >= 11 is 12.2. The molecule has 11 nitrogen and oxygen atoms in total. The Morgan fingerprint density at radius 3 is 2.27 bits per heavy atom. The number of rotatable bonds is 11. The van der Waals surface area contributed by atoms with Crippen molar-refractivity contribution in [2.45, 2.75) is 44.2 Å². The van der Waals surface area contributed by atoms with Gasteiger partial charge in [-0.2, -0.15) is 5.26 Å². The Kier molecular flexibility index (Phi) is 11.7. The lowest BCUT2D eigenvalue weighted by atomic mass is 9.91. The third-order valence-corrected chi connectivity index (χ3v) is 11.2. The first-order valence-corrected chi connectivity index (χ1v) is 19.8. The average Bonchev–Trinajstić information content (AvgIpc) is 3.28. The maximum absolute atomic E-state index is 14.1. The molecule has 0 fully saturated rings. The quantitative estimate of drug-likeness (QED) is 0.131. The number of ether oxygens (including phenoxy) is 3. The lowest BCUT2D eigenvalue weighted by Crippen LogP contribution is -2.56. The highest BCUT2D eigenvalue weighted by atomic mass is 35.5. The Morgan fingerprint density at radius 1 is 0.867 bits per heavy atom. The summed E-state index contributed by atoms with van der Waals surface area (Å²) in [4.78, 5) is 46.3. The molecular formula is C47H36Cl2N4O7. The molecule has 0 saturated heterocycles. The van der Waals surface area contributed by atoms with Crippen molar-refractivity contribution in [3.05, 3.63) is 177 Å². The summed E-state index contributed by atoms with van der Waals surface area (Å²) in [6, 6.07) is 35.8. The van der Waals surface area contributed by atoms with Crippen LogP contribution in [0.1, 0.15) is 50.0 Å². The Labute approximate surface area is 355 Å². The van der Waals surface area contributed by atoms with Crippen LogP contribution in [-0.4, -0.2) is 51.5 Å². The summed E-state index contributed by atoms with van der Waals surface area (Å²) in [5, 5.41) is 23.0. The van der Waals surface area contributed by atoms with E-state index in [9.17, 15) is 19.5 Å². The van der Waals surface area contributed by atoms with Crippen LogP contribution >= 0.6 is 23.2 Å². The Balaban J connectivity index is 0.974. The Bertz CT molecular complexity index is 2600. The molecule has 60 heavy (non-hydrogen) atoms. The zero-order chi connectivity index (χ0) is 41.8. The fourth-order valence-corrected chi connectivity index (χ4v) is 7.57. The zero-order valence-electron chi connectivity index (χ0n) is 31.9. The van der Waals surface area contributed by atoms with Crippen LogP contribution in [0.5, 0.6) is 17.2 Å². The molecule has 0 aliphatic carbocycles. The molecular weight excluding hydrogens is 803 g/mol. The van der Waals surface area contributed by atoms with Crippen LogP contribution in [0.4, 0.5) is 0 Å². The van der Waals surface area contributed by atoms with Gasteiger partial charge in [0.05, 0.1) is 21.7 Å².